The van der Waals surface area contributed by atoms with Crippen LogP contribution in [0.2, 0.25) is 0 Å². The van der Waals surface area contributed by atoms with E-state index in [1.54, 1.807) is 24.3 Å². The molecule has 0 aliphatic heterocycles. The molecule has 0 unspecified atom stereocenters. The van der Waals surface area contributed by atoms with Gasteiger partial charge in [0, 0.05) is 11.8 Å². The Kier molecular flexibility index (Phi) is 4.33. The third kappa shape index (κ3) is 3.54. The van der Waals surface area contributed by atoms with Crippen LogP contribution in [0.1, 0.15) is 16.8 Å². The van der Waals surface area contributed by atoms with Crippen LogP contribution in [0.4, 0.5) is 8.78 Å². The van der Waals surface area contributed by atoms with E-state index in [4.69, 9.17) is 4.74 Å². The van der Waals surface area contributed by atoms with E-state index in [1.165, 1.54) is 24.4 Å². The van der Waals surface area contributed by atoms with Gasteiger partial charge in [-0.15, -0.1) is 0 Å². The normalized spacial score (nSPS) is 11.2. The molecule has 3 aromatic rings. The van der Waals surface area contributed by atoms with E-state index in [2.05, 4.69) is 4.98 Å². The number of ether oxygens (including phenoxy) is 1. The second-order valence-electron chi connectivity index (χ2n) is 5.09. The van der Waals surface area contributed by atoms with Crippen LogP contribution < -0.4 is 4.74 Å². The summed E-state index contributed by atoms with van der Waals surface area (Å²) in [6.45, 7) is 0.400. The minimum Gasteiger partial charge on any atom is -0.489 e. The summed E-state index contributed by atoms with van der Waals surface area (Å²) in [6, 6.07) is 20.0. The molecular weight excluding hydrogens is 296 g/mol. The fourth-order valence-corrected chi connectivity index (χ4v) is 2.20. The predicted molar refractivity (Wildman–Crippen MR) is 84.4 cm³/mol. The molecule has 0 amide bonds. The van der Waals surface area contributed by atoms with Crippen molar-refractivity contribution in [2.75, 3.05) is 0 Å². The summed E-state index contributed by atoms with van der Waals surface area (Å²) in [7, 11) is 0. The molecule has 0 spiro atoms. The number of benzene rings is 2. The van der Waals surface area contributed by atoms with Gasteiger partial charge in [-0.05, 0) is 42.0 Å². The van der Waals surface area contributed by atoms with Crippen LogP contribution in [0, 0.1) is 0 Å². The quantitative estimate of drug-likeness (QED) is 0.675. The zero-order chi connectivity index (χ0) is 16.1. The van der Waals surface area contributed by atoms with Gasteiger partial charge in [0.05, 0.1) is 0 Å². The maximum absolute atomic E-state index is 14.4. The molecule has 0 fully saturated rings. The molecule has 1 heterocycles. The second-order valence-corrected chi connectivity index (χ2v) is 5.09. The molecular formula is C19H15F2NO. The molecule has 0 aliphatic rings. The standard InChI is InChI=1S/C19H15F2NO/c20-19(21,18-8-4-5-13-22-18)16-9-11-17(12-10-16)23-14-15-6-2-1-3-7-15/h1-13H,14H2. The van der Waals surface area contributed by atoms with Crippen molar-refractivity contribution in [3.63, 3.8) is 0 Å². The number of aromatic nitrogens is 1. The summed E-state index contributed by atoms with van der Waals surface area (Å²) < 4.78 is 34.3. The topological polar surface area (TPSA) is 22.1 Å². The number of pyridine rings is 1. The highest BCUT2D eigenvalue weighted by atomic mass is 19.3. The Morgan fingerprint density at radius 3 is 2.17 bits per heavy atom. The smallest absolute Gasteiger partial charge is 0.314 e. The molecule has 0 radical (unpaired) electrons. The van der Waals surface area contributed by atoms with Crippen molar-refractivity contribution in [3.8, 4) is 5.75 Å². The number of hydrogen-bond acceptors (Lipinski definition) is 2. The first-order valence-corrected chi connectivity index (χ1v) is 7.23. The van der Waals surface area contributed by atoms with Gasteiger partial charge in [-0.1, -0.05) is 36.4 Å². The van der Waals surface area contributed by atoms with Gasteiger partial charge in [0.1, 0.15) is 18.1 Å². The lowest BCUT2D eigenvalue weighted by atomic mass is 10.0. The van der Waals surface area contributed by atoms with Gasteiger partial charge in [-0.25, -0.2) is 0 Å². The first-order chi connectivity index (χ1) is 11.2. The van der Waals surface area contributed by atoms with Gasteiger partial charge in [0.25, 0.3) is 0 Å². The zero-order valence-electron chi connectivity index (χ0n) is 12.3. The molecule has 0 atom stereocenters. The molecule has 23 heavy (non-hydrogen) atoms. The molecule has 2 nitrogen and oxygen atoms in total. The second kappa shape index (κ2) is 6.57. The van der Waals surface area contributed by atoms with E-state index < -0.39 is 5.92 Å². The lowest BCUT2D eigenvalue weighted by Crippen LogP contribution is -2.16. The van der Waals surface area contributed by atoms with Gasteiger partial charge in [0.15, 0.2) is 0 Å². The maximum Gasteiger partial charge on any atom is 0.314 e. The Morgan fingerprint density at radius 2 is 1.52 bits per heavy atom. The van der Waals surface area contributed by atoms with Crippen molar-refractivity contribution in [3.05, 3.63) is 95.8 Å². The minimum atomic E-state index is -3.13. The fraction of sp³-hybridized carbons (Fsp3) is 0.105. The molecule has 0 aliphatic carbocycles. The Labute approximate surface area is 133 Å². The van der Waals surface area contributed by atoms with Gasteiger partial charge in [-0.2, -0.15) is 8.78 Å². The molecule has 2 aromatic carbocycles. The van der Waals surface area contributed by atoms with Gasteiger partial charge in [0.2, 0.25) is 0 Å². The highest BCUT2D eigenvalue weighted by Gasteiger charge is 2.35. The Bertz CT molecular complexity index is 743. The largest absolute Gasteiger partial charge is 0.489 e. The van der Waals surface area contributed by atoms with Crippen molar-refractivity contribution in [2.45, 2.75) is 12.5 Å². The lowest BCUT2D eigenvalue weighted by Gasteiger charge is -2.16. The van der Waals surface area contributed by atoms with Gasteiger partial charge in [-0.3, -0.25) is 4.98 Å². The molecule has 3 rings (SSSR count). The SMILES string of the molecule is FC(F)(c1ccc(OCc2ccccc2)cc1)c1ccccn1. The molecule has 116 valence electrons. The summed E-state index contributed by atoms with van der Waals surface area (Å²) in [5.41, 5.74) is 0.650. The third-order valence-corrected chi connectivity index (χ3v) is 3.45. The van der Waals surface area contributed by atoms with E-state index in [1.807, 2.05) is 30.3 Å². The van der Waals surface area contributed by atoms with E-state index in [9.17, 15) is 8.78 Å². The maximum atomic E-state index is 14.4. The van der Waals surface area contributed by atoms with Crippen molar-refractivity contribution in [1.82, 2.24) is 4.98 Å². The Morgan fingerprint density at radius 1 is 0.826 bits per heavy atom. The van der Waals surface area contributed by atoms with Crippen LogP contribution in [0.5, 0.6) is 5.75 Å². The summed E-state index contributed by atoms with van der Waals surface area (Å²) in [6.07, 6.45) is 1.36. The van der Waals surface area contributed by atoms with E-state index in [0.29, 0.717) is 12.4 Å². The monoisotopic (exact) mass is 311 g/mol. The molecule has 0 bridgehead atoms. The van der Waals surface area contributed by atoms with Crippen molar-refractivity contribution >= 4 is 0 Å². The first kappa shape index (κ1) is 15.2. The van der Waals surface area contributed by atoms with Crippen LogP contribution in [-0.2, 0) is 12.5 Å². The molecule has 0 saturated heterocycles. The third-order valence-electron chi connectivity index (χ3n) is 3.45. The summed E-state index contributed by atoms with van der Waals surface area (Å²) >= 11 is 0. The average molecular weight is 311 g/mol. The van der Waals surface area contributed by atoms with Crippen LogP contribution in [-0.4, -0.2) is 4.98 Å². The number of alkyl halides is 2. The van der Waals surface area contributed by atoms with Crippen LogP contribution in [0.15, 0.2) is 79.0 Å². The van der Waals surface area contributed by atoms with Gasteiger partial charge >= 0.3 is 5.92 Å². The summed E-state index contributed by atoms with van der Waals surface area (Å²) in [4.78, 5) is 3.74. The van der Waals surface area contributed by atoms with Gasteiger partial charge < -0.3 is 4.74 Å². The predicted octanol–water partition coefficient (Wildman–Crippen LogP) is 4.80. The molecule has 0 N–H and O–H groups in total. The lowest BCUT2D eigenvalue weighted by molar-refractivity contribution is 0.0379. The number of nitrogens with zero attached hydrogens (tertiary/aromatic N) is 1. The van der Waals surface area contributed by atoms with Crippen molar-refractivity contribution < 1.29 is 13.5 Å². The summed E-state index contributed by atoms with van der Waals surface area (Å²) in [5, 5.41) is 0. The highest BCUT2D eigenvalue weighted by Crippen LogP contribution is 2.34. The van der Waals surface area contributed by atoms with E-state index in [0.717, 1.165) is 5.56 Å². The number of hydrogen-bond donors (Lipinski definition) is 0. The fourth-order valence-electron chi connectivity index (χ4n) is 2.20. The molecule has 4 heteroatoms. The highest BCUT2D eigenvalue weighted by molar-refractivity contribution is 5.34. The number of rotatable bonds is 5. The first-order valence-electron chi connectivity index (χ1n) is 7.23. The van der Waals surface area contributed by atoms with Crippen molar-refractivity contribution in [1.29, 1.82) is 0 Å². The zero-order valence-corrected chi connectivity index (χ0v) is 12.3. The van der Waals surface area contributed by atoms with Crippen molar-refractivity contribution in [2.24, 2.45) is 0 Å². The van der Waals surface area contributed by atoms with Crippen LogP contribution >= 0.6 is 0 Å². The summed E-state index contributed by atoms with van der Waals surface area (Å²) in [5.74, 6) is -2.58. The Hall–Kier alpha value is -2.75. The average Bonchev–Trinajstić information content (AvgIpc) is 2.62. The van der Waals surface area contributed by atoms with E-state index in [-0.39, 0.29) is 11.3 Å². The van der Waals surface area contributed by atoms with Crippen LogP contribution in [0.25, 0.3) is 0 Å². The minimum absolute atomic E-state index is 0.108. The van der Waals surface area contributed by atoms with E-state index >= 15 is 0 Å². The van der Waals surface area contributed by atoms with Crippen LogP contribution in [0.3, 0.4) is 0 Å². The Balaban J connectivity index is 1.72. The molecule has 0 saturated carbocycles. The molecule has 1 aromatic heterocycles. The number of halogens is 2.